The van der Waals surface area contributed by atoms with Crippen LogP contribution in [0.5, 0.6) is 5.75 Å². The molecule has 0 heterocycles. The molecule has 3 N–H and O–H groups in total. The van der Waals surface area contributed by atoms with Crippen molar-refractivity contribution in [2.75, 3.05) is 5.73 Å². The van der Waals surface area contributed by atoms with E-state index in [0.29, 0.717) is 5.69 Å². The summed E-state index contributed by atoms with van der Waals surface area (Å²) in [4.78, 5) is 0. The molecule has 0 radical (unpaired) electrons. The molecule has 0 spiro atoms. The summed E-state index contributed by atoms with van der Waals surface area (Å²) in [5.41, 5.74) is 6.82. The molecule has 1 rings (SSSR count). The molecule has 0 aliphatic rings. The molecule has 0 atom stereocenters. The highest BCUT2D eigenvalue weighted by atomic mass is 79.9. The van der Waals surface area contributed by atoms with Gasteiger partial charge in [-0.25, -0.2) is 0 Å². The maximum absolute atomic E-state index is 9.38. The van der Waals surface area contributed by atoms with Gasteiger partial charge in [-0.2, -0.15) is 0 Å². The minimum absolute atomic E-state index is 0.204. The van der Waals surface area contributed by atoms with E-state index in [2.05, 4.69) is 15.9 Å². The normalized spacial score (nSPS) is 10.0. The standard InChI is InChI=1S/C8H10BrNO/c1-2-5-3-6(9)4-7(10)8(5)11/h3-4,11H,2,10H2,1H3. The molecule has 0 saturated carbocycles. The Bertz CT molecular complexity index is 273. The zero-order valence-electron chi connectivity index (χ0n) is 6.26. The van der Waals surface area contributed by atoms with Crippen LogP contribution in [0, 0.1) is 0 Å². The lowest BCUT2D eigenvalue weighted by Crippen LogP contribution is -1.90. The van der Waals surface area contributed by atoms with E-state index in [1.54, 1.807) is 6.07 Å². The quantitative estimate of drug-likeness (QED) is 0.558. The molecule has 3 heteroatoms. The molecule has 2 nitrogen and oxygen atoms in total. The zero-order chi connectivity index (χ0) is 8.43. The molecule has 0 aliphatic heterocycles. The summed E-state index contributed by atoms with van der Waals surface area (Å²) in [7, 11) is 0. The highest BCUT2D eigenvalue weighted by Gasteiger charge is 2.03. The molecule has 0 unspecified atom stereocenters. The first-order valence-electron chi connectivity index (χ1n) is 3.42. The Morgan fingerprint density at radius 3 is 2.73 bits per heavy atom. The maximum Gasteiger partial charge on any atom is 0.141 e. The van der Waals surface area contributed by atoms with E-state index in [-0.39, 0.29) is 5.75 Å². The number of hydrogen-bond acceptors (Lipinski definition) is 2. The van der Waals surface area contributed by atoms with Gasteiger partial charge in [-0.15, -0.1) is 0 Å². The molecule has 60 valence electrons. The third-order valence-corrected chi connectivity index (χ3v) is 2.02. The van der Waals surface area contributed by atoms with Gasteiger partial charge < -0.3 is 10.8 Å². The number of rotatable bonds is 1. The second kappa shape index (κ2) is 3.13. The van der Waals surface area contributed by atoms with Crippen molar-refractivity contribution in [3.05, 3.63) is 22.2 Å². The van der Waals surface area contributed by atoms with Gasteiger partial charge in [-0.05, 0) is 24.1 Å². The minimum atomic E-state index is 0.204. The van der Waals surface area contributed by atoms with Crippen molar-refractivity contribution in [1.29, 1.82) is 0 Å². The number of benzene rings is 1. The fourth-order valence-corrected chi connectivity index (χ4v) is 1.47. The van der Waals surface area contributed by atoms with Crippen molar-refractivity contribution in [3.8, 4) is 5.75 Å². The lowest BCUT2D eigenvalue weighted by molar-refractivity contribution is 0.471. The Hall–Kier alpha value is -0.700. The van der Waals surface area contributed by atoms with Crippen molar-refractivity contribution >= 4 is 21.6 Å². The summed E-state index contributed by atoms with van der Waals surface area (Å²) in [6.07, 6.45) is 0.787. The Morgan fingerprint density at radius 2 is 2.18 bits per heavy atom. The van der Waals surface area contributed by atoms with Crippen LogP contribution in [0.15, 0.2) is 16.6 Å². The van der Waals surface area contributed by atoms with E-state index in [0.717, 1.165) is 16.5 Å². The largest absolute Gasteiger partial charge is 0.506 e. The van der Waals surface area contributed by atoms with Gasteiger partial charge >= 0.3 is 0 Å². The van der Waals surface area contributed by atoms with E-state index < -0.39 is 0 Å². The Morgan fingerprint density at radius 1 is 1.55 bits per heavy atom. The summed E-state index contributed by atoms with van der Waals surface area (Å²) in [6, 6.07) is 3.56. The van der Waals surface area contributed by atoms with Gasteiger partial charge in [-0.1, -0.05) is 22.9 Å². The number of phenols is 1. The number of nitrogen functional groups attached to an aromatic ring is 1. The van der Waals surface area contributed by atoms with E-state index in [4.69, 9.17) is 5.73 Å². The average Bonchev–Trinajstić information content (AvgIpc) is 1.96. The van der Waals surface area contributed by atoms with E-state index in [1.807, 2.05) is 13.0 Å². The van der Waals surface area contributed by atoms with Crippen LogP contribution < -0.4 is 5.73 Å². The van der Waals surface area contributed by atoms with Gasteiger partial charge in [0.25, 0.3) is 0 Å². The number of halogens is 1. The topological polar surface area (TPSA) is 46.2 Å². The van der Waals surface area contributed by atoms with Crippen LogP contribution >= 0.6 is 15.9 Å². The summed E-state index contributed by atoms with van der Waals surface area (Å²) < 4.78 is 0.907. The van der Waals surface area contributed by atoms with E-state index in [9.17, 15) is 5.11 Å². The zero-order valence-corrected chi connectivity index (χ0v) is 7.85. The number of phenolic OH excluding ortho intramolecular Hbond substituents is 1. The second-order valence-corrected chi connectivity index (χ2v) is 3.27. The molecular weight excluding hydrogens is 206 g/mol. The molecule has 0 aromatic heterocycles. The van der Waals surface area contributed by atoms with E-state index in [1.165, 1.54) is 0 Å². The van der Waals surface area contributed by atoms with Gasteiger partial charge in [0.1, 0.15) is 5.75 Å². The molecule has 11 heavy (non-hydrogen) atoms. The Kier molecular flexibility index (Phi) is 2.39. The van der Waals surface area contributed by atoms with Crippen LogP contribution in [0.4, 0.5) is 5.69 Å². The first kappa shape index (κ1) is 8.40. The van der Waals surface area contributed by atoms with Crippen molar-refractivity contribution < 1.29 is 5.11 Å². The number of aromatic hydroxyl groups is 1. The highest BCUT2D eigenvalue weighted by Crippen LogP contribution is 2.29. The summed E-state index contributed by atoms with van der Waals surface area (Å²) in [5, 5.41) is 9.38. The predicted molar refractivity (Wildman–Crippen MR) is 49.6 cm³/mol. The molecular formula is C8H10BrNO. The van der Waals surface area contributed by atoms with Crippen molar-refractivity contribution in [3.63, 3.8) is 0 Å². The molecule has 0 fully saturated rings. The van der Waals surface area contributed by atoms with Crippen LogP contribution in [-0.2, 0) is 6.42 Å². The van der Waals surface area contributed by atoms with E-state index >= 15 is 0 Å². The smallest absolute Gasteiger partial charge is 0.141 e. The summed E-state index contributed by atoms with van der Waals surface area (Å²) in [6.45, 7) is 1.97. The monoisotopic (exact) mass is 215 g/mol. The minimum Gasteiger partial charge on any atom is -0.506 e. The summed E-state index contributed by atoms with van der Waals surface area (Å²) >= 11 is 3.30. The Labute approximate surface area is 74.2 Å². The number of nitrogens with two attached hydrogens (primary N) is 1. The van der Waals surface area contributed by atoms with Crippen LogP contribution in [0.2, 0.25) is 0 Å². The number of anilines is 1. The third-order valence-electron chi connectivity index (χ3n) is 1.56. The second-order valence-electron chi connectivity index (χ2n) is 2.36. The highest BCUT2D eigenvalue weighted by molar-refractivity contribution is 9.10. The van der Waals surface area contributed by atoms with Crippen LogP contribution in [0.25, 0.3) is 0 Å². The molecule has 1 aromatic carbocycles. The third kappa shape index (κ3) is 1.66. The average molecular weight is 216 g/mol. The molecule has 0 aliphatic carbocycles. The van der Waals surface area contributed by atoms with Crippen molar-refractivity contribution in [2.45, 2.75) is 13.3 Å². The molecule has 0 amide bonds. The van der Waals surface area contributed by atoms with Crippen LogP contribution in [-0.4, -0.2) is 5.11 Å². The fraction of sp³-hybridized carbons (Fsp3) is 0.250. The van der Waals surface area contributed by atoms with Gasteiger partial charge in [0.05, 0.1) is 5.69 Å². The molecule has 0 bridgehead atoms. The predicted octanol–water partition coefficient (Wildman–Crippen LogP) is 2.30. The van der Waals surface area contributed by atoms with Gasteiger partial charge in [0.2, 0.25) is 0 Å². The van der Waals surface area contributed by atoms with Crippen molar-refractivity contribution in [1.82, 2.24) is 0 Å². The van der Waals surface area contributed by atoms with Gasteiger partial charge in [-0.3, -0.25) is 0 Å². The molecule has 1 aromatic rings. The SMILES string of the molecule is CCc1cc(Br)cc(N)c1O. The van der Waals surface area contributed by atoms with Crippen molar-refractivity contribution in [2.24, 2.45) is 0 Å². The number of hydrogen-bond donors (Lipinski definition) is 2. The maximum atomic E-state index is 9.38. The fourth-order valence-electron chi connectivity index (χ4n) is 0.948. The first-order valence-corrected chi connectivity index (χ1v) is 4.21. The van der Waals surface area contributed by atoms with Gasteiger partial charge in [0, 0.05) is 4.47 Å². The van der Waals surface area contributed by atoms with Crippen LogP contribution in [0.3, 0.4) is 0 Å². The lowest BCUT2D eigenvalue weighted by atomic mass is 10.1. The summed E-state index contributed by atoms with van der Waals surface area (Å²) in [5.74, 6) is 0.204. The molecule has 0 saturated heterocycles. The number of aryl methyl sites for hydroxylation is 1. The van der Waals surface area contributed by atoms with Gasteiger partial charge in [0.15, 0.2) is 0 Å². The van der Waals surface area contributed by atoms with Crippen LogP contribution in [0.1, 0.15) is 12.5 Å². The Balaban J connectivity index is 3.24. The lowest BCUT2D eigenvalue weighted by Gasteiger charge is -2.04. The first-order chi connectivity index (χ1) is 5.15.